The highest BCUT2D eigenvalue weighted by Crippen LogP contribution is 2.39. The summed E-state index contributed by atoms with van der Waals surface area (Å²) in [6, 6.07) is 20.0. The Morgan fingerprint density at radius 3 is 2.15 bits per heavy atom. The minimum absolute atomic E-state index is 0.415. The quantitative estimate of drug-likeness (QED) is 0.789. The Labute approximate surface area is 122 Å². The lowest BCUT2D eigenvalue weighted by Gasteiger charge is -2.28. The standard InChI is InChI=1S/C19H23N/c1-19(2)14-6-9-18(19)20-17-12-10-16(11-13-17)15-7-4-3-5-8-15/h3-5,7-8,10-13,18,20H,6,9,14H2,1-2H3. The van der Waals surface area contributed by atoms with Gasteiger partial charge in [-0.05, 0) is 41.5 Å². The molecular weight excluding hydrogens is 242 g/mol. The molecule has 0 bridgehead atoms. The minimum Gasteiger partial charge on any atom is -0.382 e. The fourth-order valence-electron chi connectivity index (χ4n) is 3.18. The van der Waals surface area contributed by atoms with E-state index in [1.807, 2.05) is 0 Å². The molecule has 2 aromatic rings. The summed E-state index contributed by atoms with van der Waals surface area (Å²) in [5, 5.41) is 3.71. The Morgan fingerprint density at radius 2 is 1.55 bits per heavy atom. The number of nitrogens with one attached hydrogen (secondary N) is 1. The molecule has 1 N–H and O–H groups in total. The Morgan fingerprint density at radius 1 is 0.900 bits per heavy atom. The smallest absolute Gasteiger partial charge is 0.0342 e. The summed E-state index contributed by atoms with van der Waals surface area (Å²) >= 11 is 0. The maximum atomic E-state index is 3.71. The molecule has 1 aliphatic carbocycles. The van der Waals surface area contributed by atoms with Crippen LogP contribution in [0, 0.1) is 5.41 Å². The van der Waals surface area contributed by atoms with Crippen molar-refractivity contribution in [3.63, 3.8) is 0 Å². The van der Waals surface area contributed by atoms with Gasteiger partial charge in [-0.25, -0.2) is 0 Å². The Bertz CT molecular complexity index is 554. The van der Waals surface area contributed by atoms with E-state index in [1.54, 1.807) is 0 Å². The van der Waals surface area contributed by atoms with Gasteiger partial charge in [0.05, 0.1) is 0 Å². The lowest BCUT2D eigenvalue weighted by atomic mass is 9.87. The number of benzene rings is 2. The predicted octanol–water partition coefficient (Wildman–Crippen LogP) is 5.34. The lowest BCUT2D eigenvalue weighted by Crippen LogP contribution is -2.30. The van der Waals surface area contributed by atoms with E-state index in [4.69, 9.17) is 0 Å². The molecule has 0 aromatic heterocycles. The molecule has 1 saturated carbocycles. The van der Waals surface area contributed by atoms with Gasteiger partial charge in [-0.2, -0.15) is 0 Å². The molecule has 0 heterocycles. The summed E-state index contributed by atoms with van der Waals surface area (Å²) in [4.78, 5) is 0. The van der Waals surface area contributed by atoms with E-state index >= 15 is 0 Å². The van der Waals surface area contributed by atoms with Gasteiger partial charge in [-0.1, -0.05) is 62.7 Å². The summed E-state index contributed by atoms with van der Waals surface area (Å²) in [5.41, 5.74) is 4.21. The third kappa shape index (κ3) is 2.72. The second-order valence-electron chi connectivity index (χ2n) is 6.52. The first-order valence-electron chi connectivity index (χ1n) is 7.57. The number of hydrogen-bond donors (Lipinski definition) is 1. The van der Waals surface area contributed by atoms with Crippen LogP contribution < -0.4 is 5.32 Å². The fourth-order valence-corrected chi connectivity index (χ4v) is 3.18. The van der Waals surface area contributed by atoms with E-state index < -0.39 is 0 Å². The maximum Gasteiger partial charge on any atom is 0.0342 e. The van der Waals surface area contributed by atoms with Gasteiger partial charge in [-0.15, -0.1) is 0 Å². The zero-order valence-corrected chi connectivity index (χ0v) is 12.4. The molecule has 0 spiro atoms. The summed E-state index contributed by atoms with van der Waals surface area (Å²) in [6.07, 6.45) is 3.95. The van der Waals surface area contributed by atoms with Crippen LogP contribution in [0.15, 0.2) is 54.6 Å². The number of anilines is 1. The lowest BCUT2D eigenvalue weighted by molar-refractivity contribution is 0.350. The monoisotopic (exact) mass is 265 g/mol. The van der Waals surface area contributed by atoms with E-state index in [1.165, 1.54) is 36.1 Å². The highest BCUT2D eigenvalue weighted by Gasteiger charge is 2.34. The maximum absolute atomic E-state index is 3.71. The van der Waals surface area contributed by atoms with Crippen molar-refractivity contribution in [1.82, 2.24) is 0 Å². The molecule has 2 aromatic carbocycles. The molecule has 1 nitrogen and oxygen atoms in total. The molecule has 1 atom stereocenters. The van der Waals surface area contributed by atoms with Crippen LogP contribution in [0.4, 0.5) is 5.69 Å². The molecule has 0 radical (unpaired) electrons. The highest BCUT2D eigenvalue weighted by molar-refractivity contribution is 5.66. The first kappa shape index (κ1) is 13.2. The molecule has 3 rings (SSSR count). The van der Waals surface area contributed by atoms with Gasteiger partial charge in [0.1, 0.15) is 0 Å². The molecule has 1 aliphatic rings. The van der Waals surface area contributed by atoms with Gasteiger partial charge in [0.25, 0.3) is 0 Å². The molecule has 1 unspecified atom stereocenters. The van der Waals surface area contributed by atoms with E-state index in [-0.39, 0.29) is 0 Å². The van der Waals surface area contributed by atoms with Gasteiger partial charge in [0.15, 0.2) is 0 Å². The van der Waals surface area contributed by atoms with Crippen molar-refractivity contribution >= 4 is 5.69 Å². The largest absolute Gasteiger partial charge is 0.382 e. The third-order valence-corrected chi connectivity index (χ3v) is 4.59. The van der Waals surface area contributed by atoms with Crippen molar-refractivity contribution in [2.24, 2.45) is 5.41 Å². The molecule has 104 valence electrons. The molecule has 1 fully saturated rings. The fraction of sp³-hybridized carbons (Fsp3) is 0.368. The summed E-state index contributed by atoms with van der Waals surface area (Å²) in [6.45, 7) is 4.74. The van der Waals surface area contributed by atoms with Crippen LogP contribution in [0.5, 0.6) is 0 Å². The first-order chi connectivity index (χ1) is 9.65. The minimum atomic E-state index is 0.415. The summed E-state index contributed by atoms with van der Waals surface area (Å²) < 4.78 is 0. The zero-order valence-electron chi connectivity index (χ0n) is 12.4. The molecule has 0 aliphatic heterocycles. The SMILES string of the molecule is CC1(C)CCCC1Nc1ccc(-c2ccccc2)cc1. The normalized spacial score (nSPS) is 20.8. The van der Waals surface area contributed by atoms with Crippen LogP contribution in [0.1, 0.15) is 33.1 Å². The second kappa shape index (κ2) is 5.32. The third-order valence-electron chi connectivity index (χ3n) is 4.59. The first-order valence-corrected chi connectivity index (χ1v) is 7.57. The van der Waals surface area contributed by atoms with Crippen LogP contribution in [-0.4, -0.2) is 6.04 Å². The number of hydrogen-bond acceptors (Lipinski definition) is 1. The van der Waals surface area contributed by atoms with Crippen LogP contribution in [-0.2, 0) is 0 Å². The van der Waals surface area contributed by atoms with Crippen molar-refractivity contribution in [1.29, 1.82) is 0 Å². The molecule has 1 heteroatoms. The molecular formula is C19H23N. The Balaban J connectivity index is 1.74. The van der Waals surface area contributed by atoms with Gasteiger partial charge >= 0.3 is 0 Å². The topological polar surface area (TPSA) is 12.0 Å². The van der Waals surface area contributed by atoms with E-state index in [2.05, 4.69) is 73.8 Å². The molecule has 20 heavy (non-hydrogen) atoms. The van der Waals surface area contributed by atoms with Crippen molar-refractivity contribution in [2.75, 3.05) is 5.32 Å². The van der Waals surface area contributed by atoms with Crippen LogP contribution in [0.3, 0.4) is 0 Å². The average Bonchev–Trinajstić information content (AvgIpc) is 2.80. The van der Waals surface area contributed by atoms with Crippen LogP contribution in [0.25, 0.3) is 11.1 Å². The van der Waals surface area contributed by atoms with Gasteiger partial charge in [-0.3, -0.25) is 0 Å². The van der Waals surface area contributed by atoms with Crippen molar-refractivity contribution < 1.29 is 0 Å². The summed E-state index contributed by atoms with van der Waals surface area (Å²) in [5.74, 6) is 0. The molecule has 0 saturated heterocycles. The van der Waals surface area contributed by atoms with Gasteiger partial charge < -0.3 is 5.32 Å². The van der Waals surface area contributed by atoms with E-state index in [0.29, 0.717) is 11.5 Å². The van der Waals surface area contributed by atoms with E-state index in [0.717, 1.165) is 0 Å². The van der Waals surface area contributed by atoms with Crippen molar-refractivity contribution in [3.8, 4) is 11.1 Å². The molecule has 0 amide bonds. The predicted molar refractivity (Wildman–Crippen MR) is 86.9 cm³/mol. The Kier molecular flexibility index (Phi) is 3.52. The summed E-state index contributed by atoms with van der Waals surface area (Å²) in [7, 11) is 0. The highest BCUT2D eigenvalue weighted by atomic mass is 14.9. The van der Waals surface area contributed by atoms with Crippen molar-refractivity contribution in [3.05, 3.63) is 54.6 Å². The number of rotatable bonds is 3. The van der Waals surface area contributed by atoms with E-state index in [9.17, 15) is 0 Å². The van der Waals surface area contributed by atoms with Gasteiger partial charge in [0.2, 0.25) is 0 Å². The second-order valence-corrected chi connectivity index (χ2v) is 6.52. The average molecular weight is 265 g/mol. The zero-order chi connectivity index (χ0) is 14.0. The van der Waals surface area contributed by atoms with Crippen LogP contribution >= 0.6 is 0 Å². The van der Waals surface area contributed by atoms with Gasteiger partial charge in [0, 0.05) is 11.7 Å². The Hall–Kier alpha value is -1.76. The van der Waals surface area contributed by atoms with Crippen molar-refractivity contribution in [2.45, 2.75) is 39.2 Å². The van der Waals surface area contributed by atoms with Crippen LogP contribution in [0.2, 0.25) is 0 Å².